The van der Waals surface area contributed by atoms with E-state index in [4.69, 9.17) is 4.74 Å². The van der Waals surface area contributed by atoms with E-state index in [0.717, 1.165) is 19.3 Å². The largest absolute Gasteiger partial charge is 0.455 e. The van der Waals surface area contributed by atoms with Crippen LogP contribution in [0.3, 0.4) is 0 Å². The zero-order valence-corrected chi connectivity index (χ0v) is 16.7. The Morgan fingerprint density at radius 1 is 0.862 bits per heavy atom. The fourth-order valence-corrected chi connectivity index (χ4v) is 6.65. The molecule has 1 heterocycles. The first-order valence-corrected chi connectivity index (χ1v) is 11.4. The van der Waals surface area contributed by atoms with Crippen molar-refractivity contribution in [1.82, 2.24) is 0 Å². The number of allylic oxidation sites excluding steroid dienone is 1. The molecule has 2 aliphatic rings. The Balaban J connectivity index is 1.91. The van der Waals surface area contributed by atoms with Gasteiger partial charge >= 0.3 is 0 Å². The van der Waals surface area contributed by atoms with Gasteiger partial charge in [0.15, 0.2) is 17.4 Å². The highest BCUT2D eigenvalue weighted by Gasteiger charge is 2.40. The molecule has 0 radical (unpaired) electrons. The van der Waals surface area contributed by atoms with Gasteiger partial charge in [-0.15, -0.1) is 0 Å². The van der Waals surface area contributed by atoms with Gasteiger partial charge in [-0.25, -0.2) is 21.6 Å². The summed E-state index contributed by atoms with van der Waals surface area (Å²) in [6.45, 7) is 0. The Kier molecular flexibility index (Phi) is 5.37. The van der Waals surface area contributed by atoms with Crippen molar-refractivity contribution in [3.63, 3.8) is 0 Å². The summed E-state index contributed by atoms with van der Waals surface area (Å²) in [7, 11) is -4.14. The van der Waals surface area contributed by atoms with Crippen molar-refractivity contribution < 1.29 is 30.7 Å². The second-order valence-electron chi connectivity index (χ2n) is 6.92. The highest BCUT2D eigenvalue weighted by atomic mass is 32.3. The van der Waals surface area contributed by atoms with Gasteiger partial charge in [0.1, 0.15) is 10.00 Å². The van der Waals surface area contributed by atoms with E-state index in [9.17, 15) is 26.0 Å². The minimum atomic E-state index is -4.14. The van der Waals surface area contributed by atoms with E-state index in [2.05, 4.69) is 0 Å². The van der Waals surface area contributed by atoms with Crippen molar-refractivity contribution >= 4 is 21.6 Å². The van der Waals surface area contributed by atoms with Crippen LogP contribution in [-0.2, 0) is 9.84 Å². The Morgan fingerprint density at radius 2 is 1.48 bits per heavy atom. The minimum absolute atomic E-state index is 0.0321. The standard InChI is InChI=1S/C20H16F4O3S2/c21-13-14(22)16(24)19-18(15(13)23)27-17(11-7-3-1-4-8-11)20(28-19)29(25,26)12-9-5-2-6-10-12/h2,5-6,9-11H,1,3-4,7-8H2. The number of hydrogen-bond donors (Lipinski definition) is 0. The molecule has 1 aliphatic carbocycles. The number of sulfone groups is 1. The van der Waals surface area contributed by atoms with E-state index in [1.54, 1.807) is 6.07 Å². The van der Waals surface area contributed by atoms with E-state index in [1.165, 1.54) is 24.3 Å². The summed E-state index contributed by atoms with van der Waals surface area (Å²) < 4.78 is 87.9. The van der Waals surface area contributed by atoms with Crippen LogP contribution in [-0.4, -0.2) is 8.42 Å². The molecule has 4 rings (SSSR count). The summed E-state index contributed by atoms with van der Waals surface area (Å²) in [5, 5.41) is 0. The van der Waals surface area contributed by atoms with Crippen molar-refractivity contribution in [2.75, 3.05) is 0 Å². The van der Waals surface area contributed by atoms with Crippen LogP contribution in [0, 0.1) is 29.2 Å². The quantitative estimate of drug-likeness (QED) is 0.333. The number of fused-ring (bicyclic) bond motifs is 1. The second-order valence-corrected chi connectivity index (χ2v) is 10.1. The molecule has 0 unspecified atom stereocenters. The topological polar surface area (TPSA) is 43.4 Å². The highest BCUT2D eigenvalue weighted by Crippen LogP contribution is 2.51. The first-order chi connectivity index (χ1) is 13.8. The van der Waals surface area contributed by atoms with Crippen LogP contribution in [0.1, 0.15) is 32.1 Å². The second kappa shape index (κ2) is 7.68. The molecule has 0 spiro atoms. The molecule has 1 aliphatic heterocycles. The number of thioether (sulfide) groups is 1. The highest BCUT2D eigenvalue weighted by molar-refractivity contribution is 8.18. The summed E-state index contributed by atoms with van der Waals surface area (Å²) in [5.74, 6) is -8.51. The SMILES string of the molecule is O=S(=O)(C1=C(C2CCCCC2)Oc2c(F)c(F)c(F)c(F)c2S1)c1ccccc1. The lowest BCUT2D eigenvalue weighted by Gasteiger charge is -2.30. The van der Waals surface area contributed by atoms with Crippen LogP contribution in [0.5, 0.6) is 5.75 Å². The number of hydrogen-bond acceptors (Lipinski definition) is 4. The van der Waals surface area contributed by atoms with Gasteiger partial charge in [-0.2, -0.15) is 4.39 Å². The van der Waals surface area contributed by atoms with Gasteiger partial charge in [0.25, 0.3) is 0 Å². The van der Waals surface area contributed by atoms with E-state index in [1.807, 2.05) is 0 Å². The van der Waals surface area contributed by atoms with Crippen LogP contribution in [0.2, 0.25) is 0 Å². The molecule has 2 aromatic carbocycles. The zero-order chi connectivity index (χ0) is 20.8. The maximum atomic E-state index is 14.4. The fraction of sp³-hybridized carbons (Fsp3) is 0.300. The number of halogens is 4. The zero-order valence-electron chi connectivity index (χ0n) is 15.1. The van der Waals surface area contributed by atoms with E-state index in [0.29, 0.717) is 24.6 Å². The minimum Gasteiger partial charge on any atom is -0.455 e. The molecule has 1 saturated carbocycles. The smallest absolute Gasteiger partial charge is 0.216 e. The molecular formula is C20H16F4O3S2. The molecule has 0 bridgehead atoms. The lowest BCUT2D eigenvalue weighted by atomic mass is 9.88. The monoisotopic (exact) mass is 444 g/mol. The average molecular weight is 444 g/mol. The predicted molar refractivity (Wildman–Crippen MR) is 100.0 cm³/mol. The number of ether oxygens (including phenoxy) is 1. The van der Waals surface area contributed by atoms with Crippen LogP contribution in [0.15, 0.2) is 50.1 Å². The van der Waals surface area contributed by atoms with Gasteiger partial charge in [0.05, 0.1) is 9.79 Å². The fourth-order valence-electron chi connectivity index (χ4n) is 3.58. The molecule has 1 fully saturated rings. The molecule has 154 valence electrons. The number of benzene rings is 2. The molecule has 9 heteroatoms. The van der Waals surface area contributed by atoms with Gasteiger partial charge in [-0.1, -0.05) is 49.2 Å². The molecule has 0 saturated heterocycles. The maximum absolute atomic E-state index is 14.4. The van der Waals surface area contributed by atoms with Crippen LogP contribution in [0.4, 0.5) is 17.6 Å². The molecule has 29 heavy (non-hydrogen) atoms. The summed E-state index contributed by atoms with van der Waals surface area (Å²) >= 11 is 0.369. The summed E-state index contributed by atoms with van der Waals surface area (Å²) in [6.07, 6.45) is 3.82. The molecule has 0 amide bonds. The van der Waals surface area contributed by atoms with Crippen molar-refractivity contribution in [1.29, 1.82) is 0 Å². The molecule has 3 nitrogen and oxygen atoms in total. The lowest BCUT2D eigenvalue weighted by Crippen LogP contribution is -2.22. The van der Waals surface area contributed by atoms with Crippen molar-refractivity contribution in [2.24, 2.45) is 5.92 Å². The van der Waals surface area contributed by atoms with Crippen LogP contribution in [0.25, 0.3) is 0 Å². The number of rotatable bonds is 3. The maximum Gasteiger partial charge on any atom is 0.216 e. The Morgan fingerprint density at radius 3 is 2.14 bits per heavy atom. The van der Waals surface area contributed by atoms with Gasteiger partial charge in [-0.3, -0.25) is 0 Å². The molecule has 2 aromatic rings. The third kappa shape index (κ3) is 3.44. The average Bonchev–Trinajstić information content (AvgIpc) is 2.76. The van der Waals surface area contributed by atoms with Crippen LogP contribution < -0.4 is 4.74 Å². The molecule has 0 aromatic heterocycles. The first-order valence-electron chi connectivity index (χ1n) is 9.08. The van der Waals surface area contributed by atoms with Gasteiger partial charge < -0.3 is 4.74 Å². The Bertz CT molecular complexity index is 1090. The normalized spacial score (nSPS) is 17.8. The van der Waals surface area contributed by atoms with E-state index in [-0.39, 0.29) is 20.8 Å². The third-order valence-corrected chi connectivity index (χ3v) is 8.51. The van der Waals surface area contributed by atoms with Crippen molar-refractivity contribution in [3.8, 4) is 5.75 Å². The third-order valence-electron chi connectivity index (χ3n) is 5.06. The van der Waals surface area contributed by atoms with Gasteiger partial charge in [-0.05, 0) is 25.0 Å². The van der Waals surface area contributed by atoms with Gasteiger partial charge in [0, 0.05) is 5.92 Å². The summed E-state index contributed by atoms with van der Waals surface area (Å²) in [5.41, 5.74) is 0. The van der Waals surface area contributed by atoms with E-state index < -0.39 is 43.8 Å². The Labute approximate surface area is 169 Å². The summed E-state index contributed by atoms with van der Waals surface area (Å²) in [6, 6.07) is 7.46. The van der Waals surface area contributed by atoms with Crippen LogP contribution >= 0.6 is 11.8 Å². The van der Waals surface area contributed by atoms with Crippen molar-refractivity contribution in [3.05, 3.63) is 63.6 Å². The molecular weight excluding hydrogens is 428 g/mol. The van der Waals surface area contributed by atoms with Gasteiger partial charge in [0.2, 0.25) is 21.5 Å². The Hall–Kier alpha value is -2.00. The first kappa shape index (κ1) is 20.3. The molecule has 0 atom stereocenters. The lowest BCUT2D eigenvalue weighted by molar-refractivity contribution is 0.264. The van der Waals surface area contributed by atoms with E-state index >= 15 is 0 Å². The predicted octanol–water partition coefficient (Wildman–Crippen LogP) is 5.95. The van der Waals surface area contributed by atoms with Crippen molar-refractivity contribution in [2.45, 2.75) is 41.9 Å². The summed E-state index contributed by atoms with van der Waals surface area (Å²) in [4.78, 5) is -0.762. The molecule has 0 N–H and O–H groups in total.